The van der Waals surface area contributed by atoms with E-state index in [0.717, 1.165) is 55.1 Å². The number of anilines is 1. The average Bonchev–Trinajstić information content (AvgIpc) is 2.73. The van der Waals surface area contributed by atoms with Gasteiger partial charge < -0.3 is 4.90 Å². The number of hydrogen-bond acceptors (Lipinski definition) is 3. The molecule has 1 aromatic heterocycles. The number of nitrogens with zero attached hydrogens (tertiary/aromatic N) is 2. The van der Waals surface area contributed by atoms with Crippen molar-refractivity contribution in [3.05, 3.63) is 93.4 Å². The maximum atomic E-state index is 12.7. The molecule has 0 radical (unpaired) electrons. The molecule has 0 spiro atoms. The van der Waals surface area contributed by atoms with Gasteiger partial charge in [0, 0.05) is 25.1 Å². The molecule has 4 nitrogen and oxygen atoms in total. The Morgan fingerprint density at radius 1 is 0.964 bits per heavy atom. The van der Waals surface area contributed by atoms with Crippen molar-refractivity contribution in [2.24, 2.45) is 5.92 Å². The normalized spacial score (nSPS) is 15.0. The standard InChI is InChI=1S/C24H27N3O/c1-18-22(17-20-10-6-3-7-11-20)23(28)26-24(25-18)27-14-12-21(13-15-27)16-19-8-4-2-5-9-19/h2-11,21H,12-17H2,1H3,(H,25,26,28). The Balaban J connectivity index is 1.42. The van der Waals surface area contributed by atoms with Gasteiger partial charge in [0.25, 0.3) is 5.56 Å². The number of benzene rings is 2. The first-order valence-corrected chi connectivity index (χ1v) is 10.1. The summed E-state index contributed by atoms with van der Waals surface area (Å²) < 4.78 is 0. The molecule has 4 rings (SSSR count). The lowest BCUT2D eigenvalue weighted by atomic mass is 9.90. The Kier molecular flexibility index (Phi) is 5.56. The Hall–Kier alpha value is -2.88. The van der Waals surface area contributed by atoms with Gasteiger partial charge in [-0.15, -0.1) is 0 Å². The molecule has 0 saturated carbocycles. The van der Waals surface area contributed by atoms with Crippen LogP contribution in [-0.4, -0.2) is 23.1 Å². The molecule has 28 heavy (non-hydrogen) atoms. The molecule has 1 saturated heterocycles. The van der Waals surface area contributed by atoms with E-state index in [-0.39, 0.29) is 5.56 Å². The van der Waals surface area contributed by atoms with Gasteiger partial charge in [-0.2, -0.15) is 0 Å². The predicted molar refractivity (Wildman–Crippen MR) is 114 cm³/mol. The SMILES string of the molecule is Cc1nc(N2CCC(Cc3ccccc3)CC2)[nH]c(=O)c1Cc1ccccc1. The highest BCUT2D eigenvalue weighted by Gasteiger charge is 2.22. The molecule has 3 aromatic rings. The summed E-state index contributed by atoms with van der Waals surface area (Å²) in [6.07, 6.45) is 4.01. The molecule has 0 atom stereocenters. The van der Waals surface area contributed by atoms with Gasteiger partial charge in [0.05, 0.1) is 5.69 Å². The minimum atomic E-state index is -0.0160. The third-order valence-corrected chi connectivity index (χ3v) is 5.71. The summed E-state index contributed by atoms with van der Waals surface area (Å²) in [5, 5.41) is 0. The van der Waals surface area contributed by atoms with Gasteiger partial charge >= 0.3 is 0 Å². The van der Waals surface area contributed by atoms with E-state index in [1.54, 1.807) is 0 Å². The van der Waals surface area contributed by atoms with Crippen molar-refractivity contribution < 1.29 is 0 Å². The predicted octanol–water partition coefficient (Wildman–Crippen LogP) is 4.13. The van der Waals surface area contributed by atoms with E-state index in [2.05, 4.69) is 40.2 Å². The van der Waals surface area contributed by atoms with Crippen LogP contribution in [0.5, 0.6) is 0 Å². The molecule has 0 bridgehead atoms. The molecule has 1 N–H and O–H groups in total. The second-order valence-corrected chi connectivity index (χ2v) is 7.74. The monoisotopic (exact) mass is 373 g/mol. The third-order valence-electron chi connectivity index (χ3n) is 5.71. The molecule has 2 aromatic carbocycles. The number of aromatic amines is 1. The zero-order valence-electron chi connectivity index (χ0n) is 16.4. The van der Waals surface area contributed by atoms with E-state index >= 15 is 0 Å². The first kappa shape index (κ1) is 18.5. The van der Waals surface area contributed by atoms with Gasteiger partial charge in [0.15, 0.2) is 0 Å². The number of aryl methyl sites for hydroxylation is 1. The summed E-state index contributed by atoms with van der Waals surface area (Å²) in [7, 11) is 0. The first-order valence-electron chi connectivity index (χ1n) is 10.1. The molecule has 144 valence electrons. The van der Waals surface area contributed by atoms with E-state index in [4.69, 9.17) is 4.98 Å². The van der Waals surface area contributed by atoms with Crippen LogP contribution in [0.3, 0.4) is 0 Å². The van der Waals surface area contributed by atoms with Gasteiger partial charge in [0.1, 0.15) is 0 Å². The fourth-order valence-corrected chi connectivity index (χ4v) is 4.05. The second-order valence-electron chi connectivity index (χ2n) is 7.74. The van der Waals surface area contributed by atoms with Gasteiger partial charge in [-0.05, 0) is 43.2 Å². The topological polar surface area (TPSA) is 49.0 Å². The molecule has 1 aliphatic rings. The van der Waals surface area contributed by atoms with Crippen LogP contribution in [0.15, 0.2) is 65.5 Å². The molecule has 2 heterocycles. The van der Waals surface area contributed by atoms with Crippen molar-refractivity contribution in [1.29, 1.82) is 0 Å². The summed E-state index contributed by atoms with van der Waals surface area (Å²) >= 11 is 0. The van der Waals surface area contributed by atoms with Gasteiger partial charge in [0.2, 0.25) is 5.95 Å². The number of aromatic nitrogens is 2. The first-order chi connectivity index (χ1) is 13.7. The van der Waals surface area contributed by atoms with Crippen molar-refractivity contribution in [2.45, 2.75) is 32.6 Å². The van der Waals surface area contributed by atoms with E-state index in [1.807, 2.05) is 37.3 Å². The molecule has 1 fully saturated rings. The van der Waals surface area contributed by atoms with Crippen molar-refractivity contribution in [1.82, 2.24) is 9.97 Å². The Labute approximate surface area is 166 Å². The van der Waals surface area contributed by atoms with Crippen molar-refractivity contribution in [3.63, 3.8) is 0 Å². The quantitative estimate of drug-likeness (QED) is 0.732. The largest absolute Gasteiger partial charge is 0.342 e. The van der Waals surface area contributed by atoms with Crippen LogP contribution in [-0.2, 0) is 12.8 Å². The van der Waals surface area contributed by atoms with Gasteiger partial charge in [-0.1, -0.05) is 60.7 Å². The second kappa shape index (κ2) is 8.42. The Bertz CT molecular complexity index is 958. The fraction of sp³-hybridized carbons (Fsp3) is 0.333. The molecule has 4 heteroatoms. The summed E-state index contributed by atoms with van der Waals surface area (Å²) in [4.78, 5) is 22.7. The molecule has 0 aliphatic carbocycles. The number of nitrogens with one attached hydrogen (secondary N) is 1. The van der Waals surface area contributed by atoms with Crippen LogP contribution in [0.4, 0.5) is 5.95 Å². The number of piperidine rings is 1. The summed E-state index contributed by atoms with van der Waals surface area (Å²) in [6, 6.07) is 20.8. The summed E-state index contributed by atoms with van der Waals surface area (Å²) in [5.74, 6) is 1.42. The smallest absolute Gasteiger partial charge is 0.256 e. The van der Waals surface area contributed by atoms with Crippen LogP contribution in [0.1, 0.15) is 35.2 Å². The lowest BCUT2D eigenvalue weighted by Gasteiger charge is -2.32. The number of hydrogen-bond donors (Lipinski definition) is 1. The van der Waals surface area contributed by atoms with Gasteiger partial charge in [-0.25, -0.2) is 4.98 Å². The van der Waals surface area contributed by atoms with E-state index in [9.17, 15) is 4.79 Å². The van der Waals surface area contributed by atoms with Crippen LogP contribution >= 0.6 is 0 Å². The highest BCUT2D eigenvalue weighted by molar-refractivity contribution is 5.35. The minimum absolute atomic E-state index is 0.0160. The Morgan fingerprint density at radius 3 is 2.18 bits per heavy atom. The lowest BCUT2D eigenvalue weighted by Crippen LogP contribution is -2.37. The maximum Gasteiger partial charge on any atom is 0.256 e. The maximum absolute atomic E-state index is 12.7. The Morgan fingerprint density at radius 2 is 1.57 bits per heavy atom. The number of rotatable bonds is 5. The molecule has 0 unspecified atom stereocenters. The van der Waals surface area contributed by atoms with Crippen molar-refractivity contribution in [2.75, 3.05) is 18.0 Å². The lowest BCUT2D eigenvalue weighted by molar-refractivity contribution is 0.400. The van der Waals surface area contributed by atoms with E-state index < -0.39 is 0 Å². The van der Waals surface area contributed by atoms with E-state index in [1.165, 1.54) is 5.56 Å². The fourth-order valence-electron chi connectivity index (χ4n) is 4.05. The van der Waals surface area contributed by atoms with Crippen LogP contribution in [0, 0.1) is 12.8 Å². The molecular weight excluding hydrogens is 346 g/mol. The van der Waals surface area contributed by atoms with Crippen molar-refractivity contribution >= 4 is 5.95 Å². The molecular formula is C24H27N3O. The average molecular weight is 374 g/mol. The van der Waals surface area contributed by atoms with Gasteiger partial charge in [-0.3, -0.25) is 9.78 Å². The highest BCUT2D eigenvalue weighted by Crippen LogP contribution is 2.24. The zero-order valence-corrected chi connectivity index (χ0v) is 16.4. The zero-order chi connectivity index (χ0) is 19.3. The van der Waals surface area contributed by atoms with Crippen LogP contribution in [0.2, 0.25) is 0 Å². The highest BCUT2D eigenvalue weighted by atomic mass is 16.1. The summed E-state index contributed by atoms with van der Waals surface area (Å²) in [5.41, 5.74) is 4.11. The van der Waals surface area contributed by atoms with E-state index in [0.29, 0.717) is 12.3 Å². The molecule has 0 amide bonds. The number of H-pyrrole nitrogens is 1. The van der Waals surface area contributed by atoms with Crippen molar-refractivity contribution in [3.8, 4) is 0 Å². The third kappa shape index (κ3) is 4.33. The van der Waals surface area contributed by atoms with Crippen LogP contribution < -0.4 is 10.5 Å². The van der Waals surface area contributed by atoms with Crippen LogP contribution in [0.25, 0.3) is 0 Å². The summed E-state index contributed by atoms with van der Waals surface area (Å²) in [6.45, 7) is 3.83. The molecule has 1 aliphatic heterocycles. The minimum Gasteiger partial charge on any atom is -0.342 e.